The number of hydrogen-bond donors (Lipinski definition) is 1. The van der Waals surface area contributed by atoms with E-state index in [1.54, 1.807) is 0 Å². The van der Waals surface area contributed by atoms with Crippen LogP contribution in [0.2, 0.25) is 0 Å². The van der Waals surface area contributed by atoms with Gasteiger partial charge in [-0.05, 0) is 45.0 Å². The molecule has 1 atom stereocenters. The zero-order chi connectivity index (χ0) is 11.4. The van der Waals surface area contributed by atoms with Gasteiger partial charge in [-0.1, -0.05) is 6.42 Å². The van der Waals surface area contributed by atoms with E-state index in [1.165, 1.54) is 19.3 Å². The van der Waals surface area contributed by atoms with Gasteiger partial charge in [-0.25, -0.2) is 0 Å². The summed E-state index contributed by atoms with van der Waals surface area (Å²) in [7, 11) is 0. The van der Waals surface area contributed by atoms with Gasteiger partial charge in [0.25, 0.3) is 0 Å². The van der Waals surface area contributed by atoms with Crippen LogP contribution >= 0.6 is 0 Å². The first-order valence-corrected chi connectivity index (χ1v) is 6.03. The zero-order valence-electron chi connectivity index (χ0n) is 9.87. The van der Waals surface area contributed by atoms with Crippen molar-refractivity contribution < 1.29 is 0 Å². The maximum absolute atomic E-state index is 9.43. The molecule has 3 heteroatoms. The number of nitrogens with one attached hydrogen (secondary N) is 1. The van der Waals surface area contributed by atoms with Crippen LogP contribution in [0.5, 0.6) is 0 Å². The fourth-order valence-corrected chi connectivity index (χ4v) is 2.46. The van der Waals surface area contributed by atoms with Crippen LogP contribution in [0.25, 0.3) is 0 Å². The third-order valence-electron chi connectivity index (χ3n) is 3.49. The first kappa shape index (κ1) is 11.2. The molecule has 16 heavy (non-hydrogen) atoms. The van der Waals surface area contributed by atoms with E-state index in [2.05, 4.69) is 28.9 Å². The normalized spacial score (nSPS) is 21.2. The molecule has 1 aromatic heterocycles. The standard InChI is InChI=1S/C13H19N3/c1-13(11-14,10-12-6-5-7-15-12)16-8-3-2-4-9-16/h5-7,15H,2-4,8-10H2,1H3. The topological polar surface area (TPSA) is 42.8 Å². The molecule has 86 valence electrons. The quantitative estimate of drug-likeness (QED) is 0.844. The van der Waals surface area contributed by atoms with Gasteiger partial charge in [0.15, 0.2) is 0 Å². The number of nitrogens with zero attached hydrogens (tertiary/aromatic N) is 2. The van der Waals surface area contributed by atoms with Gasteiger partial charge in [0, 0.05) is 18.3 Å². The molecule has 2 rings (SSSR count). The fraction of sp³-hybridized carbons (Fsp3) is 0.615. The van der Waals surface area contributed by atoms with Crippen LogP contribution in [0, 0.1) is 11.3 Å². The van der Waals surface area contributed by atoms with Crippen molar-refractivity contribution >= 4 is 0 Å². The first-order valence-electron chi connectivity index (χ1n) is 6.03. The number of aromatic nitrogens is 1. The van der Waals surface area contributed by atoms with Crippen molar-refractivity contribution in [2.24, 2.45) is 0 Å². The Bertz CT molecular complexity index is 357. The highest BCUT2D eigenvalue weighted by atomic mass is 15.2. The second kappa shape index (κ2) is 4.71. The van der Waals surface area contributed by atoms with E-state index in [9.17, 15) is 5.26 Å². The fourth-order valence-electron chi connectivity index (χ4n) is 2.46. The monoisotopic (exact) mass is 217 g/mol. The van der Waals surface area contributed by atoms with Crippen molar-refractivity contribution in [3.8, 4) is 6.07 Å². The molecule has 3 nitrogen and oxygen atoms in total. The van der Waals surface area contributed by atoms with E-state index in [-0.39, 0.29) is 5.54 Å². The second-order valence-electron chi connectivity index (χ2n) is 4.81. The first-order chi connectivity index (χ1) is 7.74. The lowest BCUT2D eigenvalue weighted by Crippen LogP contribution is -2.49. The highest BCUT2D eigenvalue weighted by Gasteiger charge is 2.33. The Kier molecular flexibility index (Phi) is 3.31. The summed E-state index contributed by atoms with van der Waals surface area (Å²) in [5, 5.41) is 9.43. The molecule has 0 saturated carbocycles. The number of nitriles is 1. The Balaban J connectivity index is 2.09. The molecule has 0 spiro atoms. The lowest BCUT2D eigenvalue weighted by molar-refractivity contribution is 0.123. The average Bonchev–Trinajstić information content (AvgIpc) is 2.83. The molecular formula is C13H19N3. The summed E-state index contributed by atoms with van der Waals surface area (Å²) in [6.45, 7) is 4.18. The van der Waals surface area contributed by atoms with Crippen LogP contribution in [0.1, 0.15) is 31.9 Å². The van der Waals surface area contributed by atoms with Crippen molar-refractivity contribution in [3.63, 3.8) is 0 Å². The maximum Gasteiger partial charge on any atom is 0.111 e. The SMILES string of the molecule is CC(C#N)(Cc1ccc[nH]1)N1CCCCC1. The number of piperidine rings is 1. The molecular weight excluding hydrogens is 198 g/mol. The summed E-state index contributed by atoms with van der Waals surface area (Å²) in [5.41, 5.74) is 0.792. The Labute approximate surface area is 97.1 Å². The van der Waals surface area contributed by atoms with E-state index < -0.39 is 0 Å². The number of aromatic amines is 1. The van der Waals surface area contributed by atoms with Crippen LogP contribution in [0.4, 0.5) is 0 Å². The molecule has 1 unspecified atom stereocenters. The van der Waals surface area contributed by atoms with Crippen LogP contribution in [-0.4, -0.2) is 28.5 Å². The molecule has 1 aromatic rings. The summed E-state index contributed by atoms with van der Waals surface area (Å²) in [6, 6.07) is 6.54. The summed E-state index contributed by atoms with van der Waals surface area (Å²) < 4.78 is 0. The smallest absolute Gasteiger partial charge is 0.111 e. The lowest BCUT2D eigenvalue weighted by Gasteiger charge is -2.38. The van der Waals surface area contributed by atoms with Gasteiger partial charge in [0.2, 0.25) is 0 Å². The molecule has 0 amide bonds. The van der Waals surface area contributed by atoms with Crippen molar-refractivity contribution in [2.75, 3.05) is 13.1 Å². The van der Waals surface area contributed by atoms with E-state index in [4.69, 9.17) is 0 Å². The summed E-state index contributed by atoms with van der Waals surface area (Å²) in [6.07, 6.45) is 6.46. The Morgan fingerprint density at radius 1 is 1.44 bits per heavy atom. The number of likely N-dealkylation sites (tertiary alicyclic amines) is 1. The van der Waals surface area contributed by atoms with Crippen LogP contribution < -0.4 is 0 Å². The molecule has 1 saturated heterocycles. The third kappa shape index (κ3) is 2.28. The summed E-state index contributed by atoms with van der Waals surface area (Å²) in [5.74, 6) is 0. The predicted octanol–water partition coefficient (Wildman–Crippen LogP) is 2.33. The van der Waals surface area contributed by atoms with Gasteiger partial charge in [0.05, 0.1) is 6.07 Å². The van der Waals surface area contributed by atoms with Crippen molar-refractivity contribution in [1.82, 2.24) is 9.88 Å². The Morgan fingerprint density at radius 2 is 2.19 bits per heavy atom. The lowest BCUT2D eigenvalue weighted by atomic mass is 9.93. The number of H-pyrrole nitrogens is 1. The molecule has 1 aliphatic heterocycles. The molecule has 1 aliphatic rings. The predicted molar refractivity (Wildman–Crippen MR) is 63.9 cm³/mol. The van der Waals surface area contributed by atoms with E-state index in [0.29, 0.717) is 0 Å². The number of rotatable bonds is 3. The van der Waals surface area contributed by atoms with E-state index >= 15 is 0 Å². The molecule has 1 fully saturated rings. The van der Waals surface area contributed by atoms with Gasteiger partial charge in [-0.15, -0.1) is 0 Å². The largest absolute Gasteiger partial charge is 0.365 e. The summed E-state index contributed by atoms with van der Waals surface area (Å²) >= 11 is 0. The van der Waals surface area contributed by atoms with Gasteiger partial charge < -0.3 is 4.98 Å². The Morgan fingerprint density at radius 3 is 2.75 bits per heavy atom. The van der Waals surface area contributed by atoms with Crippen LogP contribution in [0.3, 0.4) is 0 Å². The molecule has 1 N–H and O–H groups in total. The van der Waals surface area contributed by atoms with Crippen LogP contribution in [0.15, 0.2) is 18.3 Å². The minimum absolute atomic E-state index is 0.356. The van der Waals surface area contributed by atoms with Gasteiger partial charge >= 0.3 is 0 Å². The average molecular weight is 217 g/mol. The second-order valence-corrected chi connectivity index (χ2v) is 4.81. The van der Waals surface area contributed by atoms with Gasteiger partial charge in [-0.2, -0.15) is 5.26 Å². The van der Waals surface area contributed by atoms with E-state index in [0.717, 1.165) is 25.2 Å². The molecule has 0 aromatic carbocycles. The minimum Gasteiger partial charge on any atom is -0.365 e. The highest BCUT2D eigenvalue weighted by molar-refractivity contribution is 5.16. The maximum atomic E-state index is 9.43. The van der Waals surface area contributed by atoms with E-state index in [1.807, 2.05) is 12.3 Å². The van der Waals surface area contributed by atoms with Crippen molar-refractivity contribution in [1.29, 1.82) is 5.26 Å². The molecule has 0 radical (unpaired) electrons. The summed E-state index contributed by atoms with van der Waals surface area (Å²) in [4.78, 5) is 5.52. The third-order valence-corrected chi connectivity index (χ3v) is 3.49. The molecule has 0 bridgehead atoms. The zero-order valence-corrected chi connectivity index (χ0v) is 9.87. The highest BCUT2D eigenvalue weighted by Crippen LogP contribution is 2.23. The minimum atomic E-state index is -0.356. The van der Waals surface area contributed by atoms with Gasteiger partial charge in [-0.3, -0.25) is 4.90 Å². The van der Waals surface area contributed by atoms with Crippen molar-refractivity contribution in [3.05, 3.63) is 24.0 Å². The number of hydrogen-bond acceptors (Lipinski definition) is 2. The van der Waals surface area contributed by atoms with Crippen molar-refractivity contribution in [2.45, 2.75) is 38.1 Å². The van der Waals surface area contributed by atoms with Crippen LogP contribution in [-0.2, 0) is 6.42 Å². The Hall–Kier alpha value is -1.27. The molecule has 0 aliphatic carbocycles. The van der Waals surface area contributed by atoms with Gasteiger partial charge in [0.1, 0.15) is 5.54 Å². The molecule has 2 heterocycles.